The van der Waals surface area contributed by atoms with E-state index in [0.29, 0.717) is 18.5 Å². The Labute approximate surface area is 106 Å². The minimum atomic E-state index is -0.643. The lowest BCUT2D eigenvalue weighted by Gasteiger charge is -2.15. The van der Waals surface area contributed by atoms with Gasteiger partial charge in [-0.2, -0.15) is 0 Å². The molecule has 0 saturated carbocycles. The van der Waals surface area contributed by atoms with Gasteiger partial charge in [-0.1, -0.05) is 6.07 Å². The number of nitrogens with two attached hydrogens (primary N) is 1. The predicted octanol–water partition coefficient (Wildman–Crippen LogP) is 1.17. The molecule has 0 fully saturated rings. The highest BCUT2D eigenvalue weighted by Gasteiger charge is 2.09. The fourth-order valence-corrected chi connectivity index (χ4v) is 1.72. The Balaban J connectivity index is 2.60. The zero-order chi connectivity index (χ0) is 13.7. The summed E-state index contributed by atoms with van der Waals surface area (Å²) >= 11 is 0. The molecule has 1 aromatic carbocycles. The van der Waals surface area contributed by atoms with E-state index in [1.165, 1.54) is 12.1 Å². The molecule has 18 heavy (non-hydrogen) atoms. The van der Waals surface area contributed by atoms with Gasteiger partial charge in [-0.15, -0.1) is 0 Å². The summed E-state index contributed by atoms with van der Waals surface area (Å²) in [6.45, 7) is 3.97. The summed E-state index contributed by atoms with van der Waals surface area (Å²) in [5.74, 6) is -1.10. The lowest BCUT2D eigenvalue weighted by molar-refractivity contribution is 0.0999. The van der Waals surface area contributed by atoms with Crippen LogP contribution in [-0.4, -0.2) is 23.2 Å². The molecule has 0 heterocycles. The van der Waals surface area contributed by atoms with Crippen LogP contribution in [0.5, 0.6) is 0 Å². The lowest BCUT2D eigenvalue weighted by Crippen LogP contribution is -2.29. The first-order valence-corrected chi connectivity index (χ1v) is 5.89. The van der Waals surface area contributed by atoms with Crippen molar-refractivity contribution in [3.05, 3.63) is 35.1 Å². The molecular weight excluding hydrogens is 235 g/mol. The molecule has 100 valence electrons. The SMILES string of the molecule is CC(O)CC(C)NCc1ccc(C(N)=O)cc1F. The topological polar surface area (TPSA) is 75.3 Å². The maximum atomic E-state index is 13.6. The van der Waals surface area contributed by atoms with Gasteiger partial charge < -0.3 is 16.2 Å². The Hall–Kier alpha value is -1.46. The molecule has 4 N–H and O–H groups in total. The normalized spacial score (nSPS) is 14.2. The van der Waals surface area contributed by atoms with Crippen LogP contribution in [0.15, 0.2) is 18.2 Å². The van der Waals surface area contributed by atoms with Gasteiger partial charge >= 0.3 is 0 Å². The average molecular weight is 254 g/mol. The first-order valence-electron chi connectivity index (χ1n) is 5.89. The first kappa shape index (κ1) is 14.6. The number of halogens is 1. The summed E-state index contributed by atoms with van der Waals surface area (Å²) in [5, 5.41) is 12.3. The highest BCUT2D eigenvalue weighted by atomic mass is 19.1. The lowest BCUT2D eigenvalue weighted by atomic mass is 10.1. The van der Waals surface area contributed by atoms with Crippen LogP contribution in [0.3, 0.4) is 0 Å². The van der Waals surface area contributed by atoms with Crippen LogP contribution in [0.2, 0.25) is 0 Å². The van der Waals surface area contributed by atoms with Crippen LogP contribution in [0.25, 0.3) is 0 Å². The minimum absolute atomic E-state index is 0.0835. The number of nitrogens with one attached hydrogen (secondary N) is 1. The molecule has 0 spiro atoms. The number of aliphatic hydroxyl groups is 1. The zero-order valence-corrected chi connectivity index (χ0v) is 10.6. The van der Waals surface area contributed by atoms with E-state index >= 15 is 0 Å². The van der Waals surface area contributed by atoms with Crippen molar-refractivity contribution in [2.45, 2.75) is 39.0 Å². The quantitative estimate of drug-likeness (QED) is 0.713. The van der Waals surface area contributed by atoms with Gasteiger partial charge in [-0.3, -0.25) is 4.79 Å². The molecule has 1 rings (SSSR count). The van der Waals surface area contributed by atoms with Crippen LogP contribution < -0.4 is 11.1 Å². The van der Waals surface area contributed by atoms with Gasteiger partial charge in [0.15, 0.2) is 0 Å². The fraction of sp³-hybridized carbons (Fsp3) is 0.462. The summed E-state index contributed by atoms with van der Waals surface area (Å²) < 4.78 is 13.6. The van der Waals surface area contributed by atoms with Crippen molar-refractivity contribution in [2.75, 3.05) is 0 Å². The van der Waals surface area contributed by atoms with Gasteiger partial charge in [0.05, 0.1) is 6.10 Å². The highest BCUT2D eigenvalue weighted by Crippen LogP contribution is 2.10. The second kappa shape index (κ2) is 6.47. The largest absolute Gasteiger partial charge is 0.393 e. The van der Waals surface area contributed by atoms with Crippen LogP contribution >= 0.6 is 0 Å². The Morgan fingerprint density at radius 3 is 2.67 bits per heavy atom. The van der Waals surface area contributed by atoms with Gasteiger partial charge in [0.25, 0.3) is 0 Å². The van der Waals surface area contributed by atoms with Crippen molar-refractivity contribution >= 4 is 5.91 Å². The van der Waals surface area contributed by atoms with Crippen molar-refractivity contribution in [3.63, 3.8) is 0 Å². The standard InChI is InChI=1S/C13H19FN2O2/c1-8(5-9(2)17)16-7-11-4-3-10(13(15)18)6-12(11)14/h3-4,6,8-9,16-17H,5,7H2,1-2H3,(H2,15,18). The van der Waals surface area contributed by atoms with Gasteiger partial charge in [0, 0.05) is 23.7 Å². The number of primary amides is 1. The van der Waals surface area contributed by atoms with E-state index in [4.69, 9.17) is 5.73 Å². The molecule has 0 bridgehead atoms. The van der Waals surface area contributed by atoms with Crippen molar-refractivity contribution in [1.29, 1.82) is 0 Å². The number of rotatable bonds is 6. The third-order valence-corrected chi connectivity index (χ3v) is 2.67. The minimum Gasteiger partial charge on any atom is -0.393 e. The average Bonchev–Trinajstić information content (AvgIpc) is 2.26. The van der Waals surface area contributed by atoms with Gasteiger partial charge in [0.2, 0.25) is 5.91 Å². The molecule has 2 unspecified atom stereocenters. The molecule has 0 radical (unpaired) electrons. The smallest absolute Gasteiger partial charge is 0.248 e. The number of hydrogen-bond donors (Lipinski definition) is 3. The molecule has 5 heteroatoms. The Kier molecular flexibility index (Phi) is 5.25. The van der Waals surface area contributed by atoms with E-state index in [0.717, 1.165) is 6.07 Å². The van der Waals surface area contributed by atoms with Crippen molar-refractivity contribution in [3.8, 4) is 0 Å². The maximum Gasteiger partial charge on any atom is 0.248 e. The summed E-state index contributed by atoms with van der Waals surface area (Å²) in [6.07, 6.45) is 0.204. The molecule has 0 aliphatic heterocycles. The van der Waals surface area contributed by atoms with E-state index in [1.54, 1.807) is 6.92 Å². The van der Waals surface area contributed by atoms with E-state index in [-0.39, 0.29) is 11.6 Å². The van der Waals surface area contributed by atoms with Crippen LogP contribution in [0, 0.1) is 5.82 Å². The van der Waals surface area contributed by atoms with Crippen molar-refractivity contribution in [1.82, 2.24) is 5.32 Å². The number of amides is 1. The Morgan fingerprint density at radius 1 is 1.50 bits per heavy atom. The fourth-order valence-electron chi connectivity index (χ4n) is 1.72. The highest BCUT2D eigenvalue weighted by molar-refractivity contribution is 5.92. The number of aliphatic hydroxyl groups excluding tert-OH is 1. The Bertz CT molecular complexity index is 421. The summed E-state index contributed by atoms with van der Waals surface area (Å²) in [6, 6.07) is 4.26. The molecule has 2 atom stereocenters. The summed E-state index contributed by atoms with van der Waals surface area (Å²) in [7, 11) is 0. The monoisotopic (exact) mass is 254 g/mol. The predicted molar refractivity (Wildman–Crippen MR) is 67.5 cm³/mol. The molecule has 0 aromatic heterocycles. The third-order valence-electron chi connectivity index (χ3n) is 2.67. The Morgan fingerprint density at radius 2 is 2.17 bits per heavy atom. The summed E-state index contributed by atoms with van der Waals surface area (Å²) in [4.78, 5) is 10.9. The molecule has 1 aromatic rings. The second-order valence-electron chi connectivity index (χ2n) is 4.54. The van der Waals surface area contributed by atoms with Crippen LogP contribution in [0.1, 0.15) is 36.2 Å². The molecule has 1 amide bonds. The second-order valence-corrected chi connectivity index (χ2v) is 4.54. The molecule has 0 aliphatic carbocycles. The van der Waals surface area contributed by atoms with Crippen LogP contribution in [0.4, 0.5) is 4.39 Å². The van der Waals surface area contributed by atoms with Gasteiger partial charge in [-0.05, 0) is 32.4 Å². The van der Waals surface area contributed by atoms with Gasteiger partial charge in [0.1, 0.15) is 5.82 Å². The first-order chi connectivity index (χ1) is 8.40. The molecule has 4 nitrogen and oxygen atoms in total. The number of carbonyl (C=O) groups excluding carboxylic acids is 1. The zero-order valence-electron chi connectivity index (χ0n) is 10.6. The van der Waals surface area contributed by atoms with Gasteiger partial charge in [-0.25, -0.2) is 4.39 Å². The summed E-state index contributed by atoms with van der Waals surface area (Å²) in [5.41, 5.74) is 5.69. The van der Waals surface area contributed by atoms with Crippen LogP contribution in [-0.2, 0) is 6.54 Å². The van der Waals surface area contributed by atoms with Crippen molar-refractivity contribution in [2.24, 2.45) is 5.73 Å². The van der Waals surface area contributed by atoms with E-state index in [9.17, 15) is 14.3 Å². The van der Waals surface area contributed by atoms with E-state index in [1.807, 2.05) is 6.92 Å². The van der Waals surface area contributed by atoms with E-state index < -0.39 is 17.8 Å². The number of benzene rings is 1. The van der Waals surface area contributed by atoms with Crippen molar-refractivity contribution < 1.29 is 14.3 Å². The molecule has 0 saturated heterocycles. The maximum absolute atomic E-state index is 13.6. The van der Waals surface area contributed by atoms with E-state index in [2.05, 4.69) is 5.32 Å². The number of hydrogen-bond acceptors (Lipinski definition) is 3. The third kappa shape index (κ3) is 4.43. The molecule has 0 aliphatic rings. The molecular formula is C13H19FN2O2. The number of carbonyl (C=O) groups is 1.